The molecule has 0 aromatic heterocycles. The smallest absolute Gasteiger partial charge is 0.119 e. The van der Waals surface area contributed by atoms with Gasteiger partial charge in [-0.1, -0.05) is 12.8 Å². The van der Waals surface area contributed by atoms with E-state index in [9.17, 15) is 0 Å². The highest BCUT2D eigenvalue weighted by Crippen LogP contribution is 2.27. The molecule has 2 rings (SSSR count). The highest BCUT2D eigenvalue weighted by molar-refractivity contribution is 5.47. The Hall–Kier alpha value is -1.22. The second-order valence-electron chi connectivity index (χ2n) is 5.72. The van der Waals surface area contributed by atoms with E-state index in [2.05, 4.69) is 17.4 Å². The van der Waals surface area contributed by atoms with Crippen LogP contribution in [0.2, 0.25) is 0 Å². The van der Waals surface area contributed by atoms with Gasteiger partial charge >= 0.3 is 0 Å². The van der Waals surface area contributed by atoms with Gasteiger partial charge in [0, 0.05) is 11.7 Å². The fourth-order valence-corrected chi connectivity index (χ4v) is 2.80. The van der Waals surface area contributed by atoms with Gasteiger partial charge in [-0.15, -0.1) is 0 Å². The summed E-state index contributed by atoms with van der Waals surface area (Å²) in [5, 5.41) is 3.63. The van der Waals surface area contributed by atoms with Crippen molar-refractivity contribution in [2.24, 2.45) is 11.7 Å². The van der Waals surface area contributed by atoms with Crippen LogP contribution < -0.4 is 15.8 Å². The number of ether oxygens (including phenoxy) is 1. The monoisotopic (exact) mass is 262 g/mol. The van der Waals surface area contributed by atoms with Gasteiger partial charge in [-0.25, -0.2) is 0 Å². The molecule has 3 nitrogen and oxygen atoms in total. The third kappa shape index (κ3) is 4.13. The summed E-state index contributed by atoms with van der Waals surface area (Å²) in [6, 6.07) is 8.78. The summed E-state index contributed by atoms with van der Waals surface area (Å²) >= 11 is 0. The molecule has 106 valence electrons. The minimum absolute atomic E-state index is 0.221. The van der Waals surface area contributed by atoms with Crippen molar-refractivity contribution in [2.75, 3.05) is 11.9 Å². The van der Waals surface area contributed by atoms with Crippen LogP contribution in [0.1, 0.15) is 39.5 Å². The molecule has 1 aliphatic carbocycles. The molecule has 2 unspecified atom stereocenters. The predicted molar refractivity (Wildman–Crippen MR) is 80.6 cm³/mol. The molecule has 3 heteroatoms. The molecular formula is C16H26N2O. The maximum absolute atomic E-state index is 5.87. The molecule has 1 aromatic carbocycles. The van der Waals surface area contributed by atoms with Gasteiger partial charge in [0.2, 0.25) is 0 Å². The standard InChI is InChI=1S/C16H26N2O/c1-12(2)19-15-9-7-14(8-10-15)18-16-6-4-3-5-13(16)11-17/h7-10,12-13,16,18H,3-6,11,17H2,1-2H3. The number of hydrogen-bond acceptors (Lipinski definition) is 3. The number of rotatable bonds is 5. The van der Waals surface area contributed by atoms with Gasteiger partial charge in [0.1, 0.15) is 5.75 Å². The van der Waals surface area contributed by atoms with E-state index in [1.165, 1.54) is 31.4 Å². The molecule has 19 heavy (non-hydrogen) atoms. The number of benzene rings is 1. The highest BCUT2D eigenvalue weighted by atomic mass is 16.5. The van der Waals surface area contributed by atoms with Crippen LogP contribution in [0.15, 0.2) is 24.3 Å². The van der Waals surface area contributed by atoms with Gasteiger partial charge in [-0.05, 0) is 63.4 Å². The minimum atomic E-state index is 0.221. The zero-order chi connectivity index (χ0) is 13.7. The molecule has 2 atom stereocenters. The predicted octanol–water partition coefficient (Wildman–Crippen LogP) is 3.40. The van der Waals surface area contributed by atoms with Gasteiger partial charge in [-0.2, -0.15) is 0 Å². The molecule has 0 saturated heterocycles. The van der Waals surface area contributed by atoms with Crippen molar-refractivity contribution in [1.82, 2.24) is 0 Å². The first kappa shape index (κ1) is 14.2. The van der Waals surface area contributed by atoms with Gasteiger partial charge in [0.15, 0.2) is 0 Å². The lowest BCUT2D eigenvalue weighted by molar-refractivity contribution is 0.242. The molecule has 0 spiro atoms. The molecule has 1 aromatic rings. The zero-order valence-electron chi connectivity index (χ0n) is 12.1. The first-order valence-electron chi connectivity index (χ1n) is 7.42. The first-order chi connectivity index (χ1) is 9.19. The largest absolute Gasteiger partial charge is 0.491 e. The van der Waals surface area contributed by atoms with Gasteiger partial charge in [0.05, 0.1) is 6.10 Å². The average molecular weight is 262 g/mol. The van der Waals surface area contributed by atoms with Crippen LogP contribution >= 0.6 is 0 Å². The van der Waals surface area contributed by atoms with E-state index in [1.54, 1.807) is 0 Å². The second-order valence-corrected chi connectivity index (χ2v) is 5.72. The van der Waals surface area contributed by atoms with Gasteiger partial charge < -0.3 is 15.8 Å². The molecule has 0 bridgehead atoms. The van der Waals surface area contributed by atoms with Crippen LogP contribution in [-0.4, -0.2) is 18.7 Å². The number of hydrogen-bond donors (Lipinski definition) is 2. The Bertz CT molecular complexity index is 375. The third-order valence-electron chi connectivity index (χ3n) is 3.79. The summed E-state index contributed by atoms with van der Waals surface area (Å²) in [7, 11) is 0. The fraction of sp³-hybridized carbons (Fsp3) is 0.625. The lowest BCUT2D eigenvalue weighted by Crippen LogP contribution is -2.36. The van der Waals surface area contributed by atoms with Crippen LogP contribution in [0, 0.1) is 5.92 Å². The summed E-state index contributed by atoms with van der Waals surface area (Å²) in [6.45, 7) is 4.87. The van der Waals surface area contributed by atoms with Crippen molar-refractivity contribution in [3.8, 4) is 5.75 Å². The summed E-state index contributed by atoms with van der Waals surface area (Å²) in [5.74, 6) is 1.54. The topological polar surface area (TPSA) is 47.3 Å². The van der Waals surface area contributed by atoms with E-state index >= 15 is 0 Å². The molecule has 0 aliphatic heterocycles. The summed E-state index contributed by atoms with van der Waals surface area (Å²) in [6.07, 6.45) is 5.33. The number of nitrogens with one attached hydrogen (secondary N) is 1. The van der Waals surface area contributed by atoms with Crippen molar-refractivity contribution >= 4 is 5.69 Å². The van der Waals surface area contributed by atoms with Crippen molar-refractivity contribution in [2.45, 2.75) is 51.7 Å². The van der Waals surface area contributed by atoms with Crippen LogP contribution in [0.25, 0.3) is 0 Å². The molecule has 1 aliphatic rings. The van der Waals surface area contributed by atoms with Crippen LogP contribution in [-0.2, 0) is 0 Å². The molecule has 0 amide bonds. The lowest BCUT2D eigenvalue weighted by atomic mass is 9.84. The maximum atomic E-state index is 5.87. The van der Waals surface area contributed by atoms with Crippen LogP contribution in [0.4, 0.5) is 5.69 Å². The maximum Gasteiger partial charge on any atom is 0.119 e. The van der Waals surface area contributed by atoms with Crippen molar-refractivity contribution in [3.63, 3.8) is 0 Å². The summed E-state index contributed by atoms with van der Waals surface area (Å²) < 4.78 is 5.65. The molecular weight excluding hydrogens is 236 g/mol. The highest BCUT2D eigenvalue weighted by Gasteiger charge is 2.23. The Balaban J connectivity index is 1.94. The molecule has 0 radical (unpaired) electrons. The van der Waals surface area contributed by atoms with E-state index in [0.29, 0.717) is 12.0 Å². The Morgan fingerprint density at radius 1 is 1.21 bits per heavy atom. The first-order valence-corrected chi connectivity index (χ1v) is 7.42. The number of anilines is 1. The van der Waals surface area contributed by atoms with E-state index in [0.717, 1.165) is 12.3 Å². The van der Waals surface area contributed by atoms with E-state index in [1.807, 2.05) is 26.0 Å². The Morgan fingerprint density at radius 2 is 1.89 bits per heavy atom. The average Bonchev–Trinajstić information content (AvgIpc) is 2.41. The molecule has 3 N–H and O–H groups in total. The fourth-order valence-electron chi connectivity index (χ4n) is 2.80. The molecule has 1 fully saturated rings. The number of nitrogens with two attached hydrogens (primary N) is 1. The lowest BCUT2D eigenvalue weighted by Gasteiger charge is -2.32. The van der Waals surface area contributed by atoms with E-state index in [4.69, 9.17) is 10.5 Å². The van der Waals surface area contributed by atoms with Crippen molar-refractivity contribution in [3.05, 3.63) is 24.3 Å². The summed E-state index contributed by atoms with van der Waals surface area (Å²) in [5.41, 5.74) is 7.03. The van der Waals surface area contributed by atoms with E-state index < -0.39 is 0 Å². The second kappa shape index (κ2) is 6.80. The quantitative estimate of drug-likeness (QED) is 0.855. The Labute approximate surface area is 116 Å². The zero-order valence-corrected chi connectivity index (χ0v) is 12.1. The van der Waals surface area contributed by atoms with E-state index in [-0.39, 0.29) is 6.10 Å². The molecule has 0 heterocycles. The van der Waals surface area contributed by atoms with Gasteiger partial charge in [-0.3, -0.25) is 0 Å². The Morgan fingerprint density at radius 3 is 2.53 bits per heavy atom. The third-order valence-corrected chi connectivity index (χ3v) is 3.79. The van der Waals surface area contributed by atoms with Crippen molar-refractivity contribution < 1.29 is 4.74 Å². The van der Waals surface area contributed by atoms with Crippen LogP contribution in [0.5, 0.6) is 5.75 Å². The molecule has 1 saturated carbocycles. The minimum Gasteiger partial charge on any atom is -0.491 e. The summed E-state index contributed by atoms with van der Waals surface area (Å²) in [4.78, 5) is 0. The van der Waals surface area contributed by atoms with Gasteiger partial charge in [0.25, 0.3) is 0 Å². The van der Waals surface area contributed by atoms with Crippen LogP contribution in [0.3, 0.4) is 0 Å². The SMILES string of the molecule is CC(C)Oc1ccc(NC2CCCCC2CN)cc1. The van der Waals surface area contributed by atoms with Crippen molar-refractivity contribution in [1.29, 1.82) is 0 Å². The normalized spacial score (nSPS) is 23.4. The Kier molecular flexibility index (Phi) is 5.08.